The van der Waals surface area contributed by atoms with Gasteiger partial charge in [-0.05, 0) is 61.0 Å². The van der Waals surface area contributed by atoms with Crippen molar-refractivity contribution in [2.45, 2.75) is 25.9 Å². The number of anilines is 2. The Morgan fingerprint density at radius 1 is 1.00 bits per heavy atom. The molecule has 0 aromatic heterocycles. The number of benzene rings is 3. The zero-order valence-electron chi connectivity index (χ0n) is 21.9. The van der Waals surface area contributed by atoms with Crippen molar-refractivity contribution in [3.8, 4) is 17.2 Å². The number of hydrogen-bond acceptors (Lipinski definition) is 8. The number of urea groups is 1. The molecular weight excluding hydrogens is 518 g/mol. The lowest BCUT2D eigenvalue weighted by molar-refractivity contribution is -0.124. The van der Waals surface area contributed by atoms with Crippen molar-refractivity contribution in [2.75, 3.05) is 30.7 Å². The van der Waals surface area contributed by atoms with Crippen molar-refractivity contribution in [3.63, 3.8) is 0 Å². The summed E-state index contributed by atoms with van der Waals surface area (Å²) in [6, 6.07) is 16.4. The van der Waals surface area contributed by atoms with Gasteiger partial charge in [0.1, 0.15) is 11.8 Å². The smallest absolute Gasteiger partial charge is 0.338 e. The highest BCUT2D eigenvalue weighted by Gasteiger charge is 2.46. The standard InChI is InChI=1S/C29H27N3O8/c1-3-38-28(35)19-8-10-20(11-9-19)30-26(33)15-23-27(34)32(21-5-4-6-22(14-21)37-2)29(36)31(23)16-18-7-12-24-25(13-18)40-17-39-24/h4-14,23H,3,15-17H2,1-2H3,(H,30,33)/t23-/m1/s1. The Labute approximate surface area is 230 Å². The number of carbonyl (C=O) groups is 4. The molecule has 11 nitrogen and oxygen atoms in total. The Kier molecular flexibility index (Phi) is 7.54. The first-order valence-corrected chi connectivity index (χ1v) is 12.6. The zero-order valence-corrected chi connectivity index (χ0v) is 21.9. The Morgan fingerprint density at radius 2 is 1.77 bits per heavy atom. The van der Waals surface area contributed by atoms with Gasteiger partial charge in [0.2, 0.25) is 12.7 Å². The van der Waals surface area contributed by atoms with Crippen LogP contribution in [-0.2, 0) is 20.9 Å². The first-order chi connectivity index (χ1) is 19.4. The summed E-state index contributed by atoms with van der Waals surface area (Å²) in [7, 11) is 1.49. The number of amides is 4. The number of ether oxygens (including phenoxy) is 4. The van der Waals surface area contributed by atoms with Crippen molar-refractivity contribution >= 4 is 35.2 Å². The van der Waals surface area contributed by atoms with Crippen molar-refractivity contribution in [2.24, 2.45) is 0 Å². The SMILES string of the molecule is CCOC(=O)c1ccc(NC(=O)C[C@@H]2C(=O)N(c3cccc(OC)c3)C(=O)N2Cc2ccc3c(c2)OCO3)cc1. The first kappa shape index (κ1) is 26.5. The molecule has 0 spiro atoms. The second kappa shape index (κ2) is 11.4. The maximum absolute atomic E-state index is 13.6. The minimum atomic E-state index is -1.07. The predicted molar refractivity (Wildman–Crippen MR) is 143 cm³/mol. The van der Waals surface area contributed by atoms with Gasteiger partial charge in [0.15, 0.2) is 11.5 Å². The van der Waals surface area contributed by atoms with E-state index < -0.39 is 29.9 Å². The van der Waals surface area contributed by atoms with Gasteiger partial charge in [0.05, 0.1) is 31.4 Å². The van der Waals surface area contributed by atoms with E-state index in [9.17, 15) is 19.2 Å². The van der Waals surface area contributed by atoms with E-state index in [1.807, 2.05) is 0 Å². The maximum Gasteiger partial charge on any atom is 0.338 e. The summed E-state index contributed by atoms with van der Waals surface area (Å²) in [6.07, 6.45) is -0.283. The Morgan fingerprint density at radius 3 is 2.52 bits per heavy atom. The lowest BCUT2D eigenvalue weighted by Gasteiger charge is -2.22. The summed E-state index contributed by atoms with van der Waals surface area (Å²) in [6.45, 7) is 2.13. The first-order valence-electron chi connectivity index (χ1n) is 12.6. The molecule has 0 bridgehead atoms. The van der Waals surface area contributed by atoms with Crippen LogP contribution < -0.4 is 24.4 Å². The van der Waals surface area contributed by atoms with Gasteiger partial charge in [-0.15, -0.1) is 0 Å². The largest absolute Gasteiger partial charge is 0.497 e. The van der Waals surface area contributed by atoms with E-state index in [2.05, 4.69) is 5.32 Å². The minimum Gasteiger partial charge on any atom is -0.497 e. The number of esters is 1. The summed E-state index contributed by atoms with van der Waals surface area (Å²) in [4.78, 5) is 54.6. The van der Waals surface area contributed by atoms with Crippen molar-refractivity contribution < 1.29 is 38.1 Å². The highest BCUT2D eigenvalue weighted by molar-refractivity contribution is 6.22. The third kappa shape index (κ3) is 5.39. The fourth-order valence-corrected chi connectivity index (χ4v) is 4.53. The minimum absolute atomic E-state index is 0.0634. The lowest BCUT2D eigenvalue weighted by atomic mass is 10.1. The molecule has 3 aromatic carbocycles. The van der Waals surface area contributed by atoms with Gasteiger partial charge in [-0.25, -0.2) is 14.5 Å². The fourth-order valence-electron chi connectivity index (χ4n) is 4.53. The third-order valence-corrected chi connectivity index (χ3v) is 6.48. The molecule has 1 saturated heterocycles. The van der Waals surface area contributed by atoms with Crippen LogP contribution >= 0.6 is 0 Å². The Bertz CT molecular complexity index is 1460. The van der Waals surface area contributed by atoms with Gasteiger partial charge >= 0.3 is 12.0 Å². The van der Waals surface area contributed by atoms with Gasteiger partial charge in [-0.1, -0.05) is 12.1 Å². The molecule has 4 amide bonds. The van der Waals surface area contributed by atoms with E-state index in [-0.39, 0.29) is 26.4 Å². The molecule has 1 fully saturated rings. The highest BCUT2D eigenvalue weighted by atomic mass is 16.7. The molecule has 40 heavy (non-hydrogen) atoms. The molecule has 0 saturated carbocycles. The second-order valence-electron chi connectivity index (χ2n) is 9.04. The molecule has 0 unspecified atom stereocenters. The number of rotatable bonds is 9. The summed E-state index contributed by atoms with van der Waals surface area (Å²) >= 11 is 0. The maximum atomic E-state index is 13.6. The number of fused-ring (bicyclic) bond motifs is 1. The molecule has 1 atom stereocenters. The van der Waals surface area contributed by atoms with E-state index >= 15 is 0 Å². The van der Waals surface area contributed by atoms with Gasteiger partial charge < -0.3 is 29.2 Å². The zero-order chi connectivity index (χ0) is 28.2. The van der Waals surface area contributed by atoms with Crippen LogP contribution in [-0.4, -0.2) is 55.3 Å². The van der Waals surface area contributed by atoms with Crippen LogP contribution in [0.2, 0.25) is 0 Å². The van der Waals surface area contributed by atoms with Crippen molar-refractivity contribution in [1.82, 2.24) is 4.90 Å². The second-order valence-corrected chi connectivity index (χ2v) is 9.04. The van der Waals surface area contributed by atoms with Crippen molar-refractivity contribution in [1.29, 1.82) is 0 Å². The highest BCUT2D eigenvalue weighted by Crippen LogP contribution is 2.35. The fraction of sp³-hybridized carbons (Fsp3) is 0.241. The lowest BCUT2D eigenvalue weighted by Crippen LogP contribution is -2.37. The van der Waals surface area contributed by atoms with E-state index in [4.69, 9.17) is 18.9 Å². The molecule has 0 radical (unpaired) electrons. The van der Waals surface area contributed by atoms with E-state index in [0.717, 1.165) is 4.90 Å². The summed E-state index contributed by atoms with van der Waals surface area (Å²) < 4.78 is 21.1. The average molecular weight is 546 g/mol. The molecule has 3 aromatic rings. The number of imide groups is 1. The number of hydrogen-bond donors (Lipinski definition) is 1. The van der Waals surface area contributed by atoms with E-state index in [1.54, 1.807) is 61.5 Å². The van der Waals surface area contributed by atoms with Crippen molar-refractivity contribution in [3.05, 3.63) is 77.9 Å². The molecule has 206 valence electrons. The quantitative estimate of drug-likeness (QED) is 0.317. The molecule has 11 heteroatoms. The molecule has 2 aliphatic rings. The third-order valence-electron chi connectivity index (χ3n) is 6.48. The Balaban J connectivity index is 1.37. The summed E-state index contributed by atoms with van der Waals surface area (Å²) in [5, 5.41) is 2.74. The summed E-state index contributed by atoms with van der Waals surface area (Å²) in [5.74, 6) is 0.140. The van der Waals surface area contributed by atoms with Gasteiger partial charge in [-0.3, -0.25) is 9.59 Å². The summed E-state index contributed by atoms with van der Waals surface area (Å²) in [5.41, 5.74) is 1.82. The van der Waals surface area contributed by atoms with E-state index in [1.165, 1.54) is 24.1 Å². The normalized spacial score (nSPS) is 15.8. The van der Waals surface area contributed by atoms with Gasteiger partial charge in [0.25, 0.3) is 5.91 Å². The molecule has 5 rings (SSSR count). The van der Waals surface area contributed by atoms with Crippen LogP contribution in [0.5, 0.6) is 17.2 Å². The monoisotopic (exact) mass is 545 g/mol. The topological polar surface area (TPSA) is 124 Å². The number of methoxy groups -OCH3 is 1. The van der Waals surface area contributed by atoms with Crippen LogP contribution in [0.15, 0.2) is 66.7 Å². The van der Waals surface area contributed by atoms with Crippen LogP contribution in [0.3, 0.4) is 0 Å². The van der Waals surface area contributed by atoms with Crippen LogP contribution in [0, 0.1) is 0 Å². The average Bonchev–Trinajstić information content (AvgIpc) is 3.51. The van der Waals surface area contributed by atoms with Crippen LogP contribution in [0.25, 0.3) is 0 Å². The number of nitrogens with one attached hydrogen (secondary N) is 1. The van der Waals surface area contributed by atoms with Crippen LogP contribution in [0.1, 0.15) is 29.3 Å². The number of nitrogens with zero attached hydrogens (tertiary/aromatic N) is 2. The van der Waals surface area contributed by atoms with Gasteiger partial charge in [0, 0.05) is 18.3 Å². The molecule has 0 aliphatic carbocycles. The van der Waals surface area contributed by atoms with Gasteiger partial charge in [-0.2, -0.15) is 0 Å². The molecule has 2 aliphatic heterocycles. The van der Waals surface area contributed by atoms with Crippen LogP contribution in [0.4, 0.5) is 16.2 Å². The number of carbonyl (C=O) groups excluding carboxylic acids is 4. The Hall–Kier alpha value is -5.06. The van der Waals surface area contributed by atoms with E-state index in [0.29, 0.717) is 39.8 Å². The molecular formula is C29H27N3O8. The molecule has 1 N–H and O–H groups in total. The predicted octanol–water partition coefficient (Wildman–Crippen LogP) is 3.97. The molecule has 2 heterocycles.